The maximum Gasteiger partial charge on any atom is 0.226 e. The Morgan fingerprint density at radius 2 is 1.93 bits per heavy atom. The van der Waals surface area contributed by atoms with Gasteiger partial charge in [-0.3, -0.25) is 4.79 Å². The van der Waals surface area contributed by atoms with Gasteiger partial charge in [0.15, 0.2) is 0 Å². The van der Waals surface area contributed by atoms with Crippen LogP contribution in [0.4, 0.5) is 4.39 Å². The lowest BCUT2D eigenvalue weighted by molar-refractivity contribution is -0.130. The molecule has 3 rings (SSSR count). The first-order valence-electron chi connectivity index (χ1n) is 9.90. The largest absolute Gasteiger partial charge is 0.491 e. The topological polar surface area (TPSA) is 49.8 Å². The molecule has 2 aromatic rings. The summed E-state index contributed by atoms with van der Waals surface area (Å²) in [5.41, 5.74) is 1.54. The number of hydrogen-bond acceptors (Lipinski definition) is 3. The highest BCUT2D eigenvalue weighted by molar-refractivity contribution is 6.32. The number of likely N-dealkylation sites (tertiary alicyclic amines) is 1. The lowest BCUT2D eigenvalue weighted by Gasteiger charge is -2.27. The van der Waals surface area contributed by atoms with Crippen molar-refractivity contribution in [3.63, 3.8) is 0 Å². The van der Waals surface area contributed by atoms with Gasteiger partial charge in [-0.15, -0.1) is 0 Å². The van der Waals surface area contributed by atoms with Crippen molar-refractivity contribution in [1.29, 1.82) is 0 Å². The molecule has 1 amide bonds. The molecule has 0 bridgehead atoms. The number of halogens is 2. The van der Waals surface area contributed by atoms with Gasteiger partial charge in [0.1, 0.15) is 23.8 Å². The van der Waals surface area contributed by atoms with Gasteiger partial charge < -0.3 is 14.7 Å². The van der Waals surface area contributed by atoms with E-state index in [-0.39, 0.29) is 24.8 Å². The zero-order valence-electron chi connectivity index (χ0n) is 16.9. The van der Waals surface area contributed by atoms with E-state index in [4.69, 9.17) is 16.3 Å². The van der Waals surface area contributed by atoms with E-state index in [1.165, 1.54) is 12.1 Å². The molecule has 1 saturated heterocycles. The summed E-state index contributed by atoms with van der Waals surface area (Å²) >= 11 is 6.20. The summed E-state index contributed by atoms with van der Waals surface area (Å²) in [6.07, 6.45) is 1.85. The Balaban J connectivity index is 1.57. The summed E-state index contributed by atoms with van der Waals surface area (Å²) < 4.78 is 19.2. The maximum atomic E-state index is 13.3. The van der Waals surface area contributed by atoms with Crippen molar-refractivity contribution in [3.05, 3.63) is 63.9 Å². The molecule has 2 aromatic carbocycles. The monoisotopic (exact) mass is 419 g/mol. The number of benzene rings is 2. The molecule has 0 aromatic heterocycles. The predicted octanol–water partition coefficient (Wildman–Crippen LogP) is 4.46. The molecule has 1 aliphatic heterocycles. The van der Waals surface area contributed by atoms with Gasteiger partial charge in [-0.2, -0.15) is 0 Å². The first-order valence-corrected chi connectivity index (χ1v) is 10.3. The quantitative estimate of drug-likeness (QED) is 0.778. The first kappa shape index (κ1) is 21.6. The van der Waals surface area contributed by atoms with Crippen molar-refractivity contribution < 1.29 is 19.0 Å². The smallest absolute Gasteiger partial charge is 0.226 e. The van der Waals surface area contributed by atoms with Gasteiger partial charge in [-0.05, 0) is 74.1 Å². The normalized spacial score (nSPS) is 19.7. The number of hydrogen-bond donors (Lipinski definition) is 1. The zero-order valence-corrected chi connectivity index (χ0v) is 17.6. The van der Waals surface area contributed by atoms with Gasteiger partial charge in [0.2, 0.25) is 5.91 Å². The van der Waals surface area contributed by atoms with Crippen LogP contribution in [0.25, 0.3) is 0 Å². The summed E-state index contributed by atoms with van der Waals surface area (Å²) in [6, 6.07) is 9.84. The molecule has 1 heterocycles. The fourth-order valence-corrected chi connectivity index (χ4v) is 3.82. The fraction of sp³-hybridized carbons (Fsp3) is 0.435. The Morgan fingerprint density at radius 3 is 2.62 bits per heavy atom. The number of ether oxygens (including phenoxy) is 1. The van der Waals surface area contributed by atoms with Crippen LogP contribution in [-0.2, 0) is 11.2 Å². The number of aryl methyl sites for hydroxylation is 2. The molecule has 1 atom stereocenters. The predicted molar refractivity (Wildman–Crippen MR) is 112 cm³/mol. The summed E-state index contributed by atoms with van der Waals surface area (Å²) in [4.78, 5) is 14.4. The zero-order chi connectivity index (χ0) is 21.0. The van der Waals surface area contributed by atoms with Crippen LogP contribution in [0.15, 0.2) is 36.4 Å². The Hall–Kier alpha value is -2.11. The van der Waals surface area contributed by atoms with Gasteiger partial charge in [-0.25, -0.2) is 4.39 Å². The second-order valence-electron chi connectivity index (χ2n) is 7.93. The molecule has 0 radical (unpaired) electrons. The maximum absolute atomic E-state index is 13.3. The van der Waals surface area contributed by atoms with Crippen LogP contribution < -0.4 is 4.74 Å². The summed E-state index contributed by atoms with van der Waals surface area (Å²) in [5.74, 6) is 0.288. The van der Waals surface area contributed by atoms with Gasteiger partial charge in [-0.1, -0.05) is 23.7 Å². The van der Waals surface area contributed by atoms with Crippen LogP contribution in [0.1, 0.15) is 36.0 Å². The lowest BCUT2D eigenvalue weighted by Crippen LogP contribution is -2.38. The van der Waals surface area contributed by atoms with Crippen LogP contribution in [0.2, 0.25) is 5.02 Å². The highest BCUT2D eigenvalue weighted by atomic mass is 35.5. The number of carbonyl (C=O) groups is 1. The average Bonchev–Trinajstić information content (AvgIpc) is 2.87. The molecule has 1 fully saturated rings. The van der Waals surface area contributed by atoms with Gasteiger partial charge >= 0.3 is 0 Å². The van der Waals surface area contributed by atoms with E-state index in [2.05, 4.69) is 0 Å². The summed E-state index contributed by atoms with van der Waals surface area (Å²) in [6.45, 7) is 5.04. The van der Waals surface area contributed by atoms with Crippen LogP contribution in [0, 0.1) is 19.7 Å². The van der Waals surface area contributed by atoms with Crippen molar-refractivity contribution in [3.8, 4) is 5.75 Å². The van der Waals surface area contributed by atoms with E-state index in [9.17, 15) is 14.3 Å². The molecule has 1 aliphatic rings. The van der Waals surface area contributed by atoms with Crippen molar-refractivity contribution in [2.45, 2.75) is 45.1 Å². The molecule has 29 heavy (non-hydrogen) atoms. The average molecular weight is 420 g/mol. The molecule has 0 aliphatic carbocycles. The van der Waals surface area contributed by atoms with Crippen molar-refractivity contribution in [2.75, 3.05) is 19.7 Å². The lowest BCUT2D eigenvalue weighted by atomic mass is 9.96. The van der Waals surface area contributed by atoms with Crippen LogP contribution in [0.5, 0.6) is 5.75 Å². The van der Waals surface area contributed by atoms with Crippen LogP contribution in [0.3, 0.4) is 0 Å². The Kier molecular flexibility index (Phi) is 6.81. The van der Waals surface area contributed by atoms with E-state index in [0.29, 0.717) is 43.7 Å². The van der Waals surface area contributed by atoms with Crippen molar-refractivity contribution >= 4 is 17.5 Å². The molecule has 4 nitrogen and oxygen atoms in total. The third-order valence-electron chi connectivity index (χ3n) is 5.43. The van der Waals surface area contributed by atoms with Crippen LogP contribution >= 0.6 is 11.6 Å². The minimum absolute atomic E-state index is 0.0512. The number of amides is 1. The standard InChI is InChI=1S/C23H27ClFNO3/c1-16-11-20(12-17(2)22(16)24)29-15-23(28)7-4-9-26(10-8-23)21(27)14-18-5-3-6-19(25)13-18/h3,5-6,11-13,28H,4,7-10,14-15H2,1-2H3. The summed E-state index contributed by atoms with van der Waals surface area (Å²) in [5, 5.41) is 11.7. The van der Waals surface area contributed by atoms with Gasteiger partial charge in [0.05, 0.1) is 6.42 Å². The Bertz CT molecular complexity index is 865. The number of carbonyl (C=O) groups excluding carboxylic acids is 1. The van der Waals surface area contributed by atoms with E-state index in [0.717, 1.165) is 16.1 Å². The van der Waals surface area contributed by atoms with Gasteiger partial charge in [0, 0.05) is 18.1 Å². The number of nitrogens with zero attached hydrogens (tertiary/aromatic N) is 1. The highest BCUT2D eigenvalue weighted by Gasteiger charge is 2.32. The summed E-state index contributed by atoms with van der Waals surface area (Å²) in [7, 11) is 0. The van der Waals surface area contributed by atoms with E-state index < -0.39 is 5.60 Å². The van der Waals surface area contributed by atoms with Gasteiger partial charge in [0.25, 0.3) is 0 Å². The Labute approximate surface area is 176 Å². The molecular weight excluding hydrogens is 393 g/mol. The molecule has 1 N–H and O–H groups in total. The third-order valence-corrected chi connectivity index (χ3v) is 6.03. The molecule has 1 unspecified atom stereocenters. The number of aliphatic hydroxyl groups is 1. The van der Waals surface area contributed by atoms with Crippen LogP contribution in [-0.4, -0.2) is 41.2 Å². The van der Waals surface area contributed by atoms with Crippen molar-refractivity contribution in [1.82, 2.24) is 4.90 Å². The molecule has 6 heteroatoms. The van der Waals surface area contributed by atoms with E-state index in [1.54, 1.807) is 17.0 Å². The van der Waals surface area contributed by atoms with E-state index in [1.807, 2.05) is 26.0 Å². The minimum atomic E-state index is -0.991. The van der Waals surface area contributed by atoms with E-state index >= 15 is 0 Å². The SMILES string of the molecule is Cc1cc(OCC2(O)CCCN(C(=O)Cc3cccc(F)c3)CC2)cc(C)c1Cl. The third kappa shape index (κ3) is 5.71. The van der Waals surface area contributed by atoms with Crippen molar-refractivity contribution in [2.24, 2.45) is 0 Å². The highest BCUT2D eigenvalue weighted by Crippen LogP contribution is 2.28. The molecule has 156 valence electrons. The molecule has 0 saturated carbocycles. The second-order valence-corrected chi connectivity index (χ2v) is 8.30. The second kappa shape index (κ2) is 9.14. The fourth-order valence-electron chi connectivity index (χ4n) is 3.71. The minimum Gasteiger partial charge on any atom is -0.491 e. The molecule has 0 spiro atoms. The first-order chi connectivity index (χ1) is 13.8. The molecular formula is C23H27ClFNO3. The number of rotatable bonds is 5. The Morgan fingerprint density at radius 1 is 1.21 bits per heavy atom.